The maximum Gasteiger partial charge on any atom is 0.233 e. The molecule has 1 amide bonds. The summed E-state index contributed by atoms with van der Waals surface area (Å²) in [5, 5.41) is 7.87. The number of aromatic amines is 1. The Kier molecular flexibility index (Phi) is 4.57. The number of rotatable bonds is 5. The van der Waals surface area contributed by atoms with E-state index in [1.165, 1.54) is 23.9 Å². The summed E-state index contributed by atoms with van der Waals surface area (Å²) in [6.07, 6.45) is 0. The number of H-pyrrole nitrogens is 1. The Balaban J connectivity index is 1.49. The molecule has 2 aromatic carbocycles. The van der Waals surface area contributed by atoms with Gasteiger partial charge in [0.2, 0.25) is 11.7 Å². The van der Waals surface area contributed by atoms with Crippen molar-refractivity contribution in [3.05, 3.63) is 59.9 Å². The number of amides is 1. The van der Waals surface area contributed by atoms with Gasteiger partial charge in [0.15, 0.2) is 5.16 Å². The molecule has 1 N–H and O–H groups in total. The molecule has 6 nitrogen and oxygen atoms in total. The number of para-hydroxylation sites is 2. The lowest BCUT2D eigenvalue weighted by Gasteiger charge is -2.25. The molecule has 0 fully saturated rings. The molecule has 8 heteroatoms. The molecule has 0 aliphatic carbocycles. The average molecular weight is 383 g/mol. The highest BCUT2D eigenvalue weighted by Gasteiger charge is 2.19. The first-order valence-electron chi connectivity index (χ1n) is 8.50. The fraction of sp³-hybridized carbons (Fsp3) is 0.211. The number of carbonyl (C=O) groups is 1. The molecule has 0 bridgehead atoms. The van der Waals surface area contributed by atoms with E-state index in [0.29, 0.717) is 10.9 Å². The first-order valence-corrected chi connectivity index (χ1v) is 9.48. The van der Waals surface area contributed by atoms with Gasteiger partial charge >= 0.3 is 0 Å². The van der Waals surface area contributed by atoms with Gasteiger partial charge in [-0.2, -0.15) is 0 Å². The maximum atomic E-state index is 13.1. The first-order chi connectivity index (χ1) is 13.0. The summed E-state index contributed by atoms with van der Waals surface area (Å²) in [5.41, 5.74) is 2.71. The second-order valence-electron chi connectivity index (χ2n) is 6.29. The molecule has 2 heterocycles. The van der Waals surface area contributed by atoms with Crippen LogP contribution in [0.2, 0.25) is 0 Å². The van der Waals surface area contributed by atoms with Crippen LogP contribution in [-0.4, -0.2) is 43.2 Å². The Morgan fingerprint density at radius 3 is 2.78 bits per heavy atom. The second-order valence-corrected chi connectivity index (χ2v) is 7.23. The normalized spacial score (nSPS) is 12.6. The molecular formula is C19H18FN5OS. The number of hydrogen-bond donors (Lipinski definition) is 1. The number of carbonyl (C=O) groups excluding carboxylic acids is 1. The van der Waals surface area contributed by atoms with E-state index in [1.54, 1.807) is 24.1 Å². The number of thioether (sulfide) groups is 1. The number of aromatic nitrogens is 4. The first kappa shape index (κ1) is 17.5. The van der Waals surface area contributed by atoms with Gasteiger partial charge in [0.25, 0.3) is 0 Å². The summed E-state index contributed by atoms with van der Waals surface area (Å²) in [6.45, 7) is 1.92. The standard InChI is InChI=1S/C19H18FN5OS/c1-12(13-7-9-14(20)10-8-13)24(2)17(26)11-27-19-23-22-18-21-15-5-3-4-6-16(15)25(18)19/h3-10,12H,11H2,1-2H3,(H,21,22). The van der Waals surface area contributed by atoms with Crippen molar-refractivity contribution in [1.82, 2.24) is 24.5 Å². The van der Waals surface area contributed by atoms with E-state index >= 15 is 0 Å². The van der Waals surface area contributed by atoms with Crippen molar-refractivity contribution in [2.75, 3.05) is 12.8 Å². The Hall–Kier alpha value is -2.87. The maximum absolute atomic E-state index is 13.1. The number of fused-ring (bicyclic) bond motifs is 3. The monoisotopic (exact) mass is 383 g/mol. The summed E-state index contributed by atoms with van der Waals surface area (Å²) < 4.78 is 15.0. The molecule has 0 saturated heterocycles. The van der Waals surface area contributed by atoms with Gasteiger partial charge in [-0.25, -0.2) is 14.5 Å². The summed E-state index contributed by atoms with van der Waals surface area (Å²) >= 11 is 1.36. The second kappa shape index (κ2) is 7.03. The van der Waals surface area contributed by atoms with Crippen LogP contribution in [0.1, 0.15) is 18.5 Å². The van der Waals surface area contributed by atoms with Gasteiger partial charge < -0.3 is 4.90 Å². The topological polar surface area (TPSA) is 66.3 Å². The predicted octanol–water partition coefficient (Wildman–Crippen LogP) is 3.66. The van der Waals surface area contributed by atoms with E-state index in [0.717, 1.165) is 16.6 Å². The smallest absolute Gasteiger partial charge is 0.233 e. The average Bonchev–Trinajstić information content (AvgIpc) is 3.25. The number of imidazole rings is 1. The molecule has 1 atom stereocenters. The molecule has 4 rings (SSSR count). The van der Waals surface area contributed by atoms with Gasteiger partial charge in [-0.3, -0.25) is 9.20 Å². The molecule has 27 heavy (non-hydrogen) atoms. The van der Waals surface area contributed by atoms with Gasteiger partial charge in [0.05, 0.1) is 22.8 Å². The van der Waals surface area contributed by atoms with Crippen LogP contribution in [-0.2, 0) is 4.79 Å². The van der Waals surface area contributed by atoms with E-state index in [2.05, 4.69) is 15.2 Å². The third kappa shape index (κ3) is 3.28. The minimum atomic E-state index is -0.286. The summed E-state index contributed by atoms with van der Waals surface area (Å²) in [7, 11) is 1.75. The van der Waals surface area contributed by atoms with Gasteiger partial charge in [-0.15, -0.1) is 5.10 Å². The van der Waals surface area contributed by atoms with E-state index < -0.39 is 0 Å². The Bertz CT molecular complexity index is 1100. The molecule has 0 radical (unpaired) electrons. The van der Waals surface area contributed by atoms with Gasteiger partial charge in [0, 0.05) is 7.05 Å². The van der Waals surface area contributed by atoms with Crippen LogP contribution in [0.4, 0.5) is 4.39 Å². The number of hydrogen-bond acceptors (Lipinski definition) is 4. The van der Waals surface area contributed by atoms with Crippen molar-refractivity contribution in [3.63, 3.8) is 0 Å². The quantitative estimate of drug-likeness (QED) is 0.534. The number of halogens is 1. The van der Waals surface area contributed by atoms with E-state index in [4.69, 9.17) is 0 Å². The molecule has 1 unspecified atom stereocenters. The molecular weight excluding hydrogens is 365 g/mol. The lowest BCUT2D eigenvalue weighted by molar-refractivity contribution is -0.128. The minimum Gasteiger partial charge on any atom is -0.338 e. The predicted molar refractivity (Wildman–Crippen MR) is 103 cm³/mol. The summed E-state index contributed by atoms with van der Waals surface area (Å²) in [5.74, 6) is 0.580. The Morgan fingerprint density at radius 1 is 1.26 bits per heavy atom. The fourth-order valence-electron chi connectivity index (χ4n) is 2.95. The van der Waals surface area contributed by atoms with Crippen molar-refractivity contribution in [2.24, 2.45) is 0 Å². The minimum absolute atomic E-state index is 0.0302. The Labute approximate surface area is 159 Å². The summed E-state index contributed by atoms with van der Waals surface area (Å²) in [6, 6.07) is 13.9. The van der Waals surface area contributed by atoms with Crippen LogP contribution in [0, 0.1) is 5.82 Å². The molecule has 0 spiro atoms. The highest BCUT2D eigenvalue weighted by atomic mass is 32.2. The van der Waals surface area contributed by atoms with Crippen LogP contribution in [0.3, 0.4) is 0 Å². The van der Waals surface area contributed by atoms with Crippen molar-refractivity contribution in [3.8, 4) is 0 Å². The molecule has 2 aromatic heterocycles. The number of nitrogens with zero attached hydrogens (tertiary/aromatic N) is 4. The highest BCUT2D eigenvalue weighted by Crippen LogP contribution is 2.25. The van der Waals surface area contributed by atoms with Gasteiger partial charge in [-0.1, -0.05) is 36.0 Å². The van der Waals surface area contributed by atoms with E-state index in [-0.39, 0.29) is 23.5 Å². The third-order valence-electron chi connectivity index (χ3n) is 4.66. The third-order valence-corrected chi connectivity index (χ3v) is 5.58. The molecule has 4 aromatic rings. The lowest BCUT2D eigenvalue weighted by Crippen LogP contribution is -2.31. The lowest BCUT2D eigenvalue weighted by atomic mass is 10.1. The Morgan fingerprint density at radius 2 is 2.00 bits per heavy atom. The largest absolute Gasteiger partial charge is 0.338 e. The summed E-state index contributed by atoms with van der Waals surface area (Å²) in [4.78, 5) is 18.8. The number of benzene rings is 2. The van der Waals surface area contributed by atoms with Crippen molar-refractivity contribution in [1.29, 1.82) is 0 Å². The zero-order valence-electron chi connectivity index (χ0n) is 14.9. The molecule has 0 aliphatic rings. The van der Waals surface area contributed by atoms with Crippen molar-refractivity contribution < 1.29 is 9.18 Å². The van der Waals surface area contributed by atoms with Crippen molar-refractivity contribution >= 4 is 34.5 Å². The SMILES string of the molecule is CC(c1ccc(F)cc1)N(C)C(=O)CSc1n[nH]c2nc3ccccc3n12. The molecule has 0 aliphatic heterocycles. The van der Waals surface area contributed by atoms with Gasteiger partial charge in [0.1, 0.15) is 5.82 Å². The zero-order valence-corrected chi connectivity index (χ0v) is 15.7. The van der Waals surface area contributed by atoms with Crippen LogP contribution in [0.15, 0.2) is 53.7 Å². The molecule has 138 valence electrons. The van der Waals surface area contributed by atoms with Crippen LogP contribution < -0.4 is 0 Å². The number of nitrogens with one attached hydrogen (secondary N) is 1. The van der Waals surface area contributed by atoms with E-state index in [1.807, 2.05) is 35.6 Å². The molecule has 0 saturated carbocycles. The highest BCUT2D eigenvalue weighted by molar-refractivity contribution is 7.99. The van der Waals surface area contributed by atoms with E-state index in [9.17, 15) is 9.18 Å². The van der Waals surface area contributed by atoms with Crippen LogP contribution >= 0.6 is 11.8 Å². The van der Waals surface area contributed by atoms with Crippen LogP contribution in [0.25, 0.3) is 16.8 Å². The fourth-order valence-corrected chi connectivity index (χ4v) is 3.83. The zero-order chi connectivity index (χ0) is 19.0. The van der Waals surface area contributed by atoms with Crippen molar-refractivity contribution in [2.45, 2.75) is 18.1 Å². The van der Waals surface area contributed by atoms with Gasteiger partial charge in [-0.05, 0) is 36.8 Å². The van der Waals surface area contributed by atoms with Crippen LogP contribution in [0.5, 0.6) is 0 Å².